The third-order valence-corrected chi connectivity index (χ3v) is 8.17. The van der Waals surface area contributed by atoms with Gasteiger partial charge in [0.05, 0.1) is 4.90 Å². The molecule has 2 aromatic carbocycles. The molecule has 0 aromatic heterocycles. The number of rotatable bonds is 11. The Balaban J connectivity index is 2.21. The number of nitrogens with one attached hydrogen (secondary N) is 1. The third-order valence-electron chi connectivity index (χ3n) is 5.59. The summed E-state index contributed by atoms with van der Waals surface area (Å²) in [7, 11) is -2.18. The van der Waals surface area contributed by atoms with E-state index in [2.05, 4.69) is 5.32 Å². The third kappa shape index (κ3) is 8.20. The second-order valence-corrected chi connectivity index (χ2v) is 12.5. The van der Waals surface area contributed by atoms with Gasteiger partial charge in [-0.25, -0.2) is 12.7 Å². The van der Waals surface area contributed by atoms with Crippen molar-refractivity contribution < 1.29 is 18.0 Å². The molecule has 0 bridgehead atoms. The van der Waals surface area contributed by atoms with Gasteiger partial charge in [0.2, 0.25) is 21.8 Å². The first-order valence-corrected chi connectivity index (χ1v) is 14.0. The van der Waals surface area contributed by atoms with Gasteiger partial charge in [0, 0.05) is 47.7 Å². The van der Waals surface area contributed by atoms with Crippen LogP contribution < -0.4 is 5.32 Å². The van der Waals surface area contributed by atoms with Crippen molar-refractivity contribution in [3.05, 3.63) is 64.1 Å². The van der Waals surface area contributed by atoms with Gasteiger partial charge in [0.15, 0.2) is 0 Å². The van der Waals surface area contributed by atoms with E-state index in [1.54, 1.807) is 36.4 Å². The smallest absolute Gasteiger partial charge is 0.243 e. The lowest BCUT2D eigenvalue weighted by atomic mass is 10.0. The van der Waals surface area contributed by atoms with Gasteiger partial charge in [-0.05, 0) is 57.9 Å². The SMILES string of the molecule is CC[C@@H](C(=O)NC(C)(C)C)N(Cc1c(Cl)cccc1Cl)C(=O)CCCN(C)S(=O)(=O)c1ccccc1. The minimum Gasteiger partial charge on any atom is -0.350 e. The van der Waals surface area contributed by atoms with Gasteiger partial charge in [0.1, 0.15) is 6.04 Å². The molecule has 0 unspecified atom stereocenters. The predicted molar refractivity (Wildman–Crippen MR) is 144 cm³/mol. The highest BCUT2D eigenvalue weighted by Gasteiger charge is 2.31. The van der Waals surface area contributed by atoms with Crippen molar-refractivity contribution in [2.24, 2.45) is 0 Å². The summed E-state index contributed by atoms with van der Waals surface area (Å²) >= 11 is 12.7. The van der Waals surface area contributed by atoms with E-state index >= 15 is 0 Å². The largest absolute Gasteiger partial charge is 0.350 e. The Morgan fingerprint density at radius 1 is 1.00 bits per heavy atom. The zero-order valence-corrected chi connectivity index (χ0v) is 23.8. The fourth-order valence-electron chi connectivity index (χ4n) is 3.72. The predicted octanol–water partition coefficient (Wildman–Crippen LogP) is 5.12. The number of hydrogen-bond acceptors (Lipinski definition) is 4. The molecule has 0 heterocycles. The lowest BCUT2D eigenvalue weighted by Crippen LogP contribution is -2.53. The van der Waals surface area contributed by atoms with Crippen LogP contribution >= 0.6 is 23.2 Å². The van der Waals surface area contributed by atoms with Gasteiger partial charge in [-0.2, -0.15) is 0 Å². The quantitative estimate of drug-likeness (QED) is 0.417. The first-order valence-electron chi connectivity index (χ1n) is 11.8. The van der Waals surface area contributed by atoms with Crippen molar-refractivity contribution in [3.8, 4) is 0 Å². The molecular weight excluding hydrogens is 521 g/mol. The number of carbonyl (C=O) groups is 2. The van der Waals surface area contributed by atoms with E-state index < -0.39 is 21.6 Å². The van der Waals surface area contributed by atoms with Gasteiger partial charge >= 0.3 is 0 Å². The van der Waals surface area contributed by atoms with Crippen molar-refractivity contribution in [1.82, 2.24) is 14.5 Å². The Hall–Kier alpha value is -2.13. The maximum atomic E-state index is 13.4. The van der Waals surface area contributed by atoms with Crippen molar-refractivity contribution in [2.75, 3.05) is 13.6 Å². The van der Waals surface area contributed by atoms with E-state index in [-0.39, 0.29) is 42.6 Å². The van der Waals surface area contributed by atoms with Crippen LogP contribution in [-0.2, 0) is 26.2 Å². The van der Waals surface area contributed by atoms with E-state index in [4.69, 9.17) is 23.2 Å². The second-order valence-electron chi connectivity index (χ2n) is 9.63. The standard InChI is InChI=1S/C26H35Cl2N3O4S/c1-6-23(25(33)29-26(2,3)4)31(18-20-21(27)14-10-15-22(20)28)24(32)16-11-17-30(5)36(34,35)19-12-8-7-9-13-19/h7-10,12-15,23H,6,11,16-18H2,1-5H3,(H,29,33)/t23-/m0/s1. The summed E-state index contributed by atoms with van der Waals surface area (Å²) in [6, 6.07) is 12.5. The summed E-state index contributed by atoms with van der Waals surface area (Å²) in [5, 5.41) is 3.75. The average molecular weight is 557 g/mol. The molecule has 0 fully saturated rings. The molecule has 0 aliphatic heterocycles. The second kappa shape index (κ2) is 12.9. The maximum Gasteiger partial charge on any atom is 0.243 e. The number of amides is 2. The first kappa shape index (κ1) is 30.1. The molecule has 10 heteroatoms. The van der Waals surface area contributed by atoms with Crippen LogP contribution in [0.15, 0.2) is 53.4 Å². The van der Waals surface area contributed by atoms with Crippen LogP contribution in [0.3, 0.4) is 0 Å². The van der Waals surface area contributed by atoms with Crippen molar-refractivity contribution in [2.45, 2.75) is 70.0 Å². The molecule has 0 radical (unpaired) electrons. The monoisotopic (exact) mass is 555 g/mol. The molecule has 1 atom stereocenters. The Morgan fingerprint density at radius 2 is 1.58 bits per heavy atom. The fourth-order valence-corrected chi connectivity index (χ4v) is 5.46. The lowest BCUT2D eigenvalue weighted by molar-refractivity contribution is -0.142. The Labute approximate surface area is 224 Å². The average Bonchev–Trinajstić information content (AvgIpc) is 2.80. The van der Waals surface area contributed by atoms with E-state index in [0.717, 1.165) is 0 Å². The number of carbonyl (C=O) groups excluding carboxylic acids is 2. The normalized spacial score (nSPS) is 12.9. The van der Waals surface area contributed by atoms with E-state index in [9.17, 15) is 18.0 Å². The minimum atomic E-state index is -3.66. The molecule has 0 saturated heterocycles. The van der Waals surface area contributed by atoms with Gasteiger partial charge < -0.3 is 10.2 Å². The molecule has 7 nitrogen and oxygen atoms in total. The molecule has 0 spiro atoms. The van der Waals surface area contributed by atoms with E-state index in [1.807, 2.05) is 27.7 Å². The summed E-state index contributed by atoms with van der Waals surface area (Å²) < 4.78 is 26.8. The van der Waals surface area contributed by atoms with Crippen LogP contribution in [-0.4, -0.2) is 54.6 Å². The number of nitrogens with zero attached hydrogens (tertiary/aromatic N) is 2. The first-order chi connectivity index (χ1) is 16.8. The van der Waals surface area contributed by atoms with Gasteiger partial charge in [-0.15, -0.1) is 0 Å². The molecule has 2 amide bonds. The van der Waals surface area contributed by atoms with E-state index in [1.165, 1.54) is 28.4 Å². The van der Waals surface area contributed by atoms with Gasteiger partial charge in [0.25, 0.3) is 0 Å². The van der Waals surface area contributed by atoms with Gasteiger partial charge in [-0.1, -0.05) is 54.4 Å². The zero-order valence-electron chi connectivity index (χ0n) is 21.4. The van der Waals surface area contributed by atoms with E-state index in [0.29, 0.717) is 22.0 Å². The molecule has 198 valence electrons. The molecule has 0 aliphatic carbocycles. The fraction of sp³-hybridized carbons (Fsp3) is 0.462. The van der Waals surface area contributed by atoms with Crippen LogP contribution in [0.4, 0.5) is 0 Å². The van der Waals surface area contributed by atoms with Crippen LogP contribution in [0.1, 0.15) is 52.5 Å². The summed E-state index contributed by atoms with van der Waals surface area (Å²) in [6.07, 6.45) is 0.722. The van der Waals surface area contributed by atoms with Crippen LogP contribution in [0.5, 0.6) is 0 Å². The summed E-state index contributed by atoms with van der Waals surface area (Å²) in [4.78, 5) is 28.2. The highest BCUT2D eigenvalue weighted by molar-refractivity contribution is 7.89. The summed E-state index contributed by atoms with van der Waals surface area (Å²) in [6.45, 7) is 7.66. The molecule has 0 saturated carbocycles. The maximum absolute atomic E-state index is 13.4. The van der Waals surface area contributed by atoms with Gasteiger partial charge in [-0.3, -0.25) is 9.59 Å². The van der Waals surface area contributed by atoms with Crippen molar-refractivity contribution >= 4 is 45.0 Å². The molecule has 36 heavy (non-hydrogen) atoms. The Bertz CT molecular complexity index is 1130. The number of halogens is 2. The number of benzene rings is 2. The zero-order chi connectivity index (χ0) is 27.1. The molecule has 2 aromatic rings. The number of sulfonamides is 1. The van der Waals surface area contributed by atoms with Crippen LogP contribution in [0, 0.1) is 0 Å². The van der Waals surface area contributed by atoms with Crippen LogP contribution in [0.2, 0.25) is 10.0 Å². The lowest BCUT2D eigenvalue weighted by Gasteiger charge is -2.33. The Kier molecular flexibility index (Phi) is 10.8. The Morgan fingerprint density at radius 3 is 2.11 bits per heavy atom. The molecule has 2 rings (SSSR count). The van der Waals surface area contributed by atoms with Crippen LogP contribution in [0.25, 0.3) is 0 Å². The highest BCUT2D eigenvalue weighted by Crippen LogP contribution is 2.27. The van der Waals surface area contributed by atoms with Crippen molar-refractivity contribution in [3.63, 3.8) is 0 Å². The topological polar surface area (TPSA) is 86.8 Å². The summed E-state index contributed by atoms with van der Waals surface area (Å²) in [5.74, 6) is -0.558. The number of hydrogen-bond donors (Lipinski definition) is 1. The minimum absolute atomic E-state index is 0.0516. The molecular formula is C26H35Cl2N3O4S. The highest BCUT2D eigenvalue weighted by atomic mass is 35.5. The summed E-state index contributed by atoms with van der Waals surface area (Å²) in [5.41, 5.74) is 0.0791. The van der Waals surface area contributed by atoms with Crippen molar-refractivity contribution in [1.29, 1.82) is 0 Å². The molecule has 1 N–H and O–H groups in total. The molecule has 0 aliphatic rings.